The molecule has 0 amide bonds. The normalized spacial score (nSPS) is 10.9. The second kappa shape index (κ2) is 9.17. The summed E-state index contributed by atoms with van der Waals surface area (Å²) < 4.78 is 31.3. The van der Waals surface area contributed by atoms with Crippen molar-refractivity contribution in [3.8, 4) is 0 Å². The summed E-state index contributed by atoms with van der Waals surface area (Å²) in [5, 5.41) is 1.69. The molecule has 0 aliphatic carbocycles. The van der Waals surface area contributed by atoms with Crippen LogP contribution in [0.15, 0.2) is 0 Å². The molecular weight excluding hydrogens is 267 g/mol. The minimum atomic E-state index is -4.08. The third-order valence-corrected chi connectivity index (χ3v) is 3.17. The smallest absolute Gasteiger partial charge is 0.748 e. The molecule has 0 saturated heterocycles. The Bertz CT molecular complexity index is 281. The SMILES string of the molecule is CN(C)NC(=S)SCCCS(=O)(=O)[O-].[Na+]. The molecule has 0 aromatic carbocycles. The zero-order valence-electron chi connectivity index (χ0n) is 9.02. The van der Waals surface area contributed by atoms with Gasteiger partial charge in [0.1, 0.15) is 4.32 Å². The van der Waals surface area contributed by atoms with Gasteiger partial charge in [0.05, 0.1) is 10.1 Å². The first kappa shape index (κ1) is 18.5. The van der Waals surface area contributed by atoms with Crippen LogP contribution in [0.5, 0.6) is 0 Å². The number of hydrogen-bond donors (Lipinski definition) is 1. The van der Waals surface area contributed by atoms with E-state index < -0.39 is 10.1 Å². The first-order valence-corrected chi connectivity index (χ1v) is 6.82. The van der Waals surface area contributed by atoms with Crippen LogP contribution in [-0.4, -0.2) is 47.9 Å². The van der Waals surface area contributed by atoms with Gasteiger partial charge in [0.25, 0.3) is 0 Å². The van der Waals surface area contributed by atoms with Gasteiger partial charge < -0.3 is 9.98 Å². The summed E-state index contributed by atoms with van der Waals surface area (Å²) >= 11 is 6.24. The van der Waals surface area contributed by atoms with E-state index in [2.05, 4.69) is 5.43 Å². The maximum absolute atomic E-state index is 10.2. The predicted octanol–water partition coefficient (Wildman–Crippen LogP) is -2.99. The summed E-state index contributed by atoms with van der Waals surface area (Å²) in [5.74, 6) is 0.200. The van der Waals surface area contributed by atoms with E-state index in [0.717, 1.165) is 0 Å². The Morgan fingerprint density at radius 2 is 2.07 bits per heavy atom. The molecule has 84 valence electrons. The molecule has 1 N–H and O–H groups in total. The van der Waals surface area contributed by atoms with Crippen molar-refractivity contribution in [1.29, 1.82) is 0 Å². The number of rotatable bonds is 5. The summed E-state index contributed by atoms with van der Waals surface area (Å²) in [7, 11) is -0.481. The largest absolute Gasteiger partial charge is 1.00 e. The maximum Gasteiger partial charge on any atom is 1.00 e. The number of thiocarbonyl (C=S) groups is 1. The van der Waals surface area contributed by atoms with E-state index in [-0.39, 0.29) is 35.3 Å². The van der Waals surface area contributed by atoms with E-state index in [1.54, 1.807) is 19.1 Å². The Labute approximate surface area is 122 Å². The van der Waals surface area contributed by atoms with Crippen LogP contribution in [0.3, 0.4) is 0 Å². The third kappa shape index (κ3) is 15.1. The van der Waals surface area contributed by atoms with Crippen LogP contribution in [0, 0.1) is 0 Å². The fraction of sp³-hybridized carbons (Fsp3) is 0.833. The molecule has 0 saturated carbocycles. The molecular formula is C6H13N2NaO3S3. The van der Waals surface area contributed by atoms with E-state index in [9.17, 15) is 13.0 Å². The van der Waals surface area contributed by atoms with Crippen LogP contribution in [0.2, 0.25) is 0 Å². The van der Waals surface area contributed by atoms with Gasteiger partial charge in [-0.15, -0.1) is 0 Å². The average molecular weight is 280 g/mol. The summed E-state index contributed by atoms with van der Waals surface area (Å²) in [6.45, 7) is 0. The van der Waals surface area contributed by atoms with Crippen LogP contribution < -0.4 is 35.0 Å². The van der Waals surface area contributed by atoms with Gasteiger partial charge in [-0.25, -0.2) is 13.4 Å². The number of hydrogen-bond acceptors (Lipinski definition) is 6. The first-order chi connectivity index (χ1) is 6.31. The van der Waals surface area contributed by atoms with Gasteiger partial charge in [-0.2, -0.15) is 0 Å². The number of nitrogens with one attached hydrogen (secondary N) is 1. The van der Waals surface area contributed by atoms with Crippen LogP contribution >= 0.6 is 24.0 Å². The van der Waals surface area contributed by atoms with Gasteiger partial charge >= 0.3 is 29.6 Å². The van der Waals surface area contributed by atoms with Crippen molar-refractivity contribution in [2.45, 2.75) is 6.42 Å². The monoisotopic (exact) mass is 280 g/mol. The van der Waals surface area contributed by atoms with Crippen LogP contribution in [0.25, 0.3) is 0 Å². The van der Waals surface area contributed by atoms with E-state index in [1.165, 1.54) is 11.8 Å². The fourth-order valence-corrected chi connectivity index (χ4v) is 2.45. The van der Waals surface area contributed by atoms with Crippen LogP contribution in [0.1, 0.15) is 6.42 Å². The Kier molecular flexibility index (Phi) is 11.3. The van der Waals surface area contributed by atoms with Crippen LogP contribution in [-0.2, 0) is 10.1 Å². The van der Waals surface area contributed by atoms with Crippen molar-refractivity contribution in [3.63, 3.8) is 0 Å². The maximum atomic E-state index is 10.2. The summed E-state index contributed by atoms with van der Waals surface area (Å²) in [6, 6.07) is 0. The van der Waals surface area contributed by atoms with Gasteiger partial charge in [-0.05, 0) is 6.42 Å². The zero-order chi connectivity index (χ0) is 11.2. The van der Waals surface area contributed by atoms with Crippen molar-refractivity contribution in [3.05, 3.63) is 0 Å². The van der Waals surface area contributed by atoms with Crippen molar-refractivity contribution < 1.29 is 42.5 Å². The summed E-state index contributed by atoms with van der Waals surface area (Å²) in [4.78, 5) is 0. The van der Waals surface area contributed by atoms with E-state index >= 15 is 0 Å². The molecule has 0 atom stereocenters. The molecule has 5 nitrogen and oxygen atoms in total. The van der Waals surface area contributed by atoms with Gasteiger partial charge in [0.15, 0.2) is 0 Å². The topological polar surface area (TPSA) is 72.5 Å². The molecule has 0 rings (SSSR count). The molecule has 0 bridgehead atoms. The number of thioether (sulfide) groups is 1. The minimum Gasteiger partial charge on any atom is -0.748 e. The predicted molar refractivity (Wildman–Crippen MR) is 61.1 cm³/mol. The molecule has 0 aliphatic rings. The second-order valence-electron chi connectivity index (χ2n) is 2.76. The van der Waals surface area contributed by atoms with E-state index in [4.69, 9.17) is 12.2 Å². The second-order valence-corrected chi connectivity index (χ2v) is 6.05. The van der Waals surface area contributed by atoms with Gasteiger partial charge in [-0.3, -0.25) is 0 Å². The van der Waals surface area contributed by atoms with Crippen molar-refractivity contribution >= 4 is 38.4 Å². The van der Waals surface area contributed by atoms with Crippen molar-refractivity contribution in [2.24, 2.45) is 0 Å². The molecule has 15 heavy (non-hydrogen) atoms. The third-order valence-electron chi connectivity index (χ3n) is 1.09. The standard InChI is InChI=1S/C6H14N2O3S3.Na/c1-8(2)7-6(12)13-4-3-5-14(9,10)11;/h3-5H2,1-2H3,(H,7,12)(H,9,10,11);/q;+1/p-1. The quantitative estimate of drug-likeness (QED) is 0.189. The molecule has 0 heterocycles. The molecule has 0 aromatic heterocycles. The molecule has 0 fully saturated rings. The molecule has 0 radical (unpaired) electrons. The Morgan fingerprint density at radius 1 is 1.53 bits per heavy atom. The fourth-order valence-electron chi connectivity index (χ4n) is 0.615. The first-order valence-electron chi connectivity index (χ1n) is 3.85. The zero-order valence-corrected chi connectivity index (χ0v) is 13.5. The molecule has 0 aliphatic heterocycles. The van der Waals surface area contributed by atoms with Crippen LogP contribution in [0.4, 0.5) is 0 Å². The van der Waals surface area contributed by atoms with Crippen molar-refractivity contribution in [2.75, 3.05) is 25.6 Å². The Balaban J connectivity index is 0. The van der Waals surface area contributed by atoms with E-state index in [0.29, 0.717) is 16.5 Å². The Hall–Kier alpha value is 1.11. The molecule has 9 heteroatoms. The number of hydrazine groups is 1. The van der Waals surface area contributed by atoms with Gasteiger partial charge in [0, 0.05) is 25.6 Å². The molecule has 0 aromatic rings. The van der Waals surface area contributed by atoms with Gasteiger partial charge in [-0.1, -0.05) is 24.0 Å². The van der Waals surface area contributed by atoms with Gasteiger partial charge in [0.2, 0.25) is 0 Å². The summed E-state index contributed by atoms with van der Waals surface area (Å²) in [6.07, 6.45) is 0.325. The summed E-state index contributed by atoms with van der Waals surface area (Å²) in [5.41, 5.74) is 2.84. The average Bonchev–Trinajstić information content (AvgIpc) is 1.95. The van der Waals surface area contributed by atoms with Crippen molar-refractivity contribution in [1.82, 2.24) is 10.4 Å². The Morgan fingerprint density at radius 3 is 2.47 bits per heavy atom. The van der Waals surface area contributed by atoms with E-state index in [1.807, 2.05) is 0 Å². The minimum absolute atomic E-state index is 0. The molecule has 0 unspecified atom stereocenters. The molecule has 0 spiro atoms. The number of nitrogens with zero attached hydrogens (tertiary/aromatic N) is 1.